The maximum atomic E-state index is 12.4. The molecule has 0 bridgehead atoms. The van der Waals surface area contributed by atoms with E-state index in [4.69, 9.17) is 0 Å². The van der Waals surface area contributed by atoms with E-state index in [0.717, 1.165) is 32.5 Å². The summed E-state index contributed by atoms with van der Waals surface area (Å²) in [6.45, 7) is 9.11. The maximum Gasteiger partial charge on any atom is 0.230 e. The van der Waals surface area contributed by atoms with Crippen molar-refractivity contribution in [2.75, 3.05) is 26.7 Å². The van der Waals surface area contributed by atoms with Crippen LogP contribution in [-0.2, 0) is 4.79 Å². The number of rotatable bonds is 4. The van der Waals surface area contributed by atoms with Crippen molar-refractivity contribution in [3.8, 4) is 0 Å². The molecule has 0 spiro atoms. The van der Waals surface area contributed by atoms with Gasteiger partial charge in [-0.25, -0.2) is 0 Å². The third-order valence-corrected chi connectivity index (χ3v) is 3.63. The molecule has 0 aromatic carbocycles. The summed E-state index contributed by atoms with van der Waals surface area (Å²) in [7, 11) is 1.92. The Bertz CT molecular complexity index is 220. The molecule has 1 saturated heterocycles. The van der Waals surface area contributed by atoms with Crippen molar-refractivity contribution in [2.24, 2.45) is 11.3 Å². The Kier molecular flexibility index (Phi) is 4.14. The number of nitrogens with zero attached hydrogens (tertiary/aromatic N) is 1. The Labute approximate surface area is 93.2 Å². The van der Waals surface area contributed by atoms with Crippen LogP contribution in [0.3, 0.4) is 0 Å². The summed E-state index contributed by atoms with van der Waals surface area (Å²) < 4.78 is 0. The predicted octanol–water partition coefficient (Wildman–Crippen LogP) is 1.49. The number of amides is 1. The number of hydrogen-bond acceptors (Lipinski definition) is 2. The van der Waals surface area contributed by atoms with Gasteiger partial charge in [0.25, 0.3) is 0 Å². The highest BCUT2D eigenvalue weighted by molar-refractivity contribution is 5.83. The van der Waals surface area contributed by atoms with Crippen LogP contribution in [0.5, 0.6) is 0 Å². The van der Waals surface area contributed by atoms with Crippen molar-refractivity contribution in [3.63, 3.8) is 0 Å². The standard InChI is InChI=1S/C12H24N2O/c1-5-8-14(4)11(15)12(10(2)3)6-7-13-9-12/h10,13H,5-9H2,1-4H3. The van der Waals surface area contributed by atoms with Crippen LogP contribution >= 0.6 is 0 Å². The van der Waals surface area contributed by atoms with Crippen molar-refractivity contribution in [1.29, 1.82) is 0 Å². The molecular formula is C12H24N2O. The smallest absolute Gasteiger partial charge is 0.230 e. The fraction of sp³-hybridized carbons (Fsp3) is 0.917. The maximum absolute atomic E-state index is 12.4. The largest absolute Gasteiger partial charge is 0.345 e. The number of hydrogen-bond donors (Lipinski definition) is 1. The molecule has 1 aliphatic heterocycles. The first kappa shape index (κ1) is 12.5. The lowest BCUT2D eigenvalue weighted by atomic mass is 9.75. The molecule has 0 aliphatic carbocycles. The number of carbonyl (C=O) groups is 1. The van der Waals surface area contributed by atoms with Gasteiger partial charge in [0.1, 0.15) is 0 Å². The van der Waals surface area contributed by atoms with Gasteiger partial charge in [0.15, 0.2) is 0 Å². The zero-order chi connectivity index (χ0) is 11.5. The van der Waals surface area contributed by atoms with Gasteiger partial charge >= 0.3 is 0 Å². The van der Waals surface area contributed by atoms with Crippen LogP contribution in [0.1, 0.15) is 33.6 Å². The summed E-state index contributed by atoms with van der Waals surface area (Å²) in [5, 5.41) is 3.32. The van der Waals surface area contributed by atoms with Crippen molar-refractivity contribution in [3.05, 3.63) is 0 Å². The SMILES string of the molecule is CCCN(C)C(=O)C1(C(C)C)CCNC1. The molecule has 1 heterocycles. The second-order valence-corrected chi connectivity index (χ2v) is 4.96. The Morgan fingerprint density at radius 3 is 2.60 bits per heavy atom. The van der Waals surface area contributed by atoms with Crippen LogP contribution < -0.4 is 5.32 Å². The van der Waals surface area contributed by atoms with Gasteiger partial charge in [0.05, 0.1) is 5.41 Å². The summed E-state index contributed by atoms with van der Waals surface area (Å²) in [5.41, 5.74) is -0.149. The first-order valence-electron chi connectivity index (χ1n) is 6.01. The summed E-state index contributed by atoms with van der Waals surface area (Å²) in [4.78, 5) is 14.3. The lowest BCUT2D eigenvalue weighted by Crippen LogP contribution is -2.47. The number of nitrogens with one attached hydrogen (secondary N) is 1. The van der Waals surface area contributed by atoms with E-state index in [2.05, 4.69) is 26.1 Å². The van der Waals surface area contributed by atoms with E-state index in [9.17, 15) is 4.79 Å². The first-order chi connectivity index (χ1) is 7.04. The Balaban J connectivity index is 2.76. The van der Waals surface area contributed by atoms with Gasteiger partial charge in [0, 0.05) is 20.1 Å². The van der Waals surface area contributed by atoms with E-state index in [1.54, 1.807) is 0 Å². The molecular weight excluding hydrogens is 188 g/mol. The molecule has 1 rings (SSSR count). The van der Waals surface area contributed by atoms with Crippen molar-refractivity contribution in [1.82, 2.24) is 10.2 Å². The minimum atomic E-state index is -0.149. The fourth-order valence-electron chi connectivity index (χ4n) is 2.45. The van der Waals surface area contributed by atoms with E-state index in [1.807, 2.05) is 11.9 Å². The topological polar surface area (TPSA) is 32.3 Å². The monoisotopic (exact) mass is 212 g/mol. The Hall–Kier alpha value is -0.570. The van der Waals surface area contributed by atoms with E-state index in [-0.39, 0.29) is 5.41 Å². The van der Waals surface area contributed by atoms with Crippen molar-refractivity contribution < 1.29 is 4.79 Å². The average molecular weight is 212 g/mol. The van der Waals surface area contributed by atoms with Crippen LogP contribution in [-0.4, -0.2) is 37.5 Å². The molecule has 0 saturated carbocycles. The minimum absolute atomic E-state index is 0.149. The lowest BCUT2D eigenvalue weighted by Gasteiger charge is -2.35. The molecule has 1 aliphatic rings. The van der Waals surface area contributed by atoms with Crippen LogP contribution in [0.25, 0.3) is 0 Å². The van der Waals surface area contributed by atoms with Gasteiger partial charge in [-0.1, -0.05) is 20.8 Å². The zero-order valence-corrected chi connectivity index (χ0v) is 10.5. The van der Waals surface area contributed by atoms with Gasteiger partial charge in [-0.15, -0.1) is 0 Å². The molecule has 15 heavy (non-hydrogen) atoms. The molecule has 0 aromatic heterocycles. The normalized spacial score (nSPS) is 25.9. The molecule has 1 N–H and O–H groups in total. The molecule has 1 unspecified atom stereocenters. The van der Waals surface area contributed by atoms with E-state index in [1.165, 1.54) is 0 Å². The zero-order valence-electron chi connectivity index (χ0n) is 10.5. The van der Waals surface area contributed by atoms with Gasteiger partial charge in [-0.05, 0) is 25.3 Å². The second kappa shape index (κ2) is 4.97. The van der Waals surface area contributed by atoms with Gasteiger partial charge < -0.3 is 10.2 Å². The molecule has 1 atom stereocenters. The average Bonchev–Trinajstić information content (AvgIpc) is 2.66. The summed E-state index contributed by atoms with van der Waals surface area (Å²) in [6, 6.07) is 0. The third-order valence-electron chi connectivity index (χ3n) is 3.63. The van der Waals surface area contributed by atoms with Crippen molar-refractivity contribution >= 4 is 5.91 Å². The molecule has 88 valence electrons. The summed E-state index contributed by atoms with van der Waals surface area (Å²) in [6.07, 6.45) is 2.02. The lowest BCUT2D eigenvalue weighted by molar-refractivity contribution is -0.142. The van der Waals surface area contributed by atoms with Crippen LogP contribution in [0.15, 0.2) is 0 Å². The third kappa shape index (κ3) is 2.33. The fourth-order valence-corrected chi connectivity index (χ4v) is 2.45. The quantitative estimate of drug-likeness (QED) is 0.766. The summed E-state index contributed by atoms with van der Waals surface area (Å²) >= 11 is 0. The van der Waals surface area contributed by atoms with Crippen LogP contribution in [0.4, 0.5) is 0 Å². The molecule has 3 heteroatoms. The van der Waals surface area contributed by atoms with Gasteiger partial charge in [-0.2, -0.15) is 0 Å². The van der Waals surface area contributed by atoms with Crippen LogP contribution in [0, 0.1) is 11.3 Å². The predicted molar refractivity (Wildman–Crippen MR) is 62.7 cm³/mol. The van der Waals surface area contributed by atoms with E-state index >= 15 is 0 Å². The van der Waals surface area contributed by atoms with Gasteiger partial charge in [-0.3, -0.25) is 4.79 Å². The Morgan fingerprint density at radius 2 is 2.20 bits per heavy atom. The van der Waals surface area contributed by atoms with Crippen LogP contribution in [0.2, 0.25) is 0 Å². The van der Waals surface area contributed by atoms with E-state index < -0.39 is 0 Å². The highest BCUT2D eigenvalue weighted by atomic mass is 16.2. The summed E-state index contributed by atoms with van der Waals surface area (Å²) in [5.74, 6) is 0.739. The molecule has 1 amide bonds. The van der Waals surface area contributed by atoms with E-state index in [0.29, 0.717) is 11.8 Å². The minimum Gasteiger partial charge on any atom is -0.345 e. The van der Waals surface area contributed by atoms with Crippen molar-refractivity contribution in [2.45, 2.75) is 33.6 Å². The first-order valence-corrected chi connectivity index (χ1v) is 6.01. The molecule has 0 aromatic rings. The Morgan fingerprint density at radius 1 is 1.53 bits per heavy atom. The second-order valence-electron chi connectivity index (χ2n) is 4.96. The highest BCUT2D eigenvalue weighted by Gasteiger charge is 2.45. The molecule has 3 nitrogen and oxygen atoms in total. The van der Waals surface area contributed by atoms with Gasteiger partial charge in [0.2, 0.25) is 5.91 Å². The molecule has 0 radical (unpaired) electrons. The number of carbonyl (C=O) groups excluding carboxylic acids is 1. The molecule has 1 fully saturated rings. The highest BCUT2D eigenvalue weighted by Crippen LogP contribution is 2.35.